The third kappa shape index (κ3) is 6.71. The molecule has 0 aliphatic carbocycles. The van der Waals surface area contributed by atoms with Crippen molar-refractivity contribution in [3.8, 4) is 0 Å². The second-order valence-corrected chi connectivity index (χ2v) is 1.30. The second kappa shape index (κ2) is 6.71. The van der Waals surface area contributed by atoms with Crippen LogP contribution in [0.2, 0.25) is 0 Å². The maximum atomic E-state index is 3.65. The Hall–Kier alpha value is 0.714. The standard InChI is InChI=1S/C6H10.Y/c1-4-6(3)5-2;/h4H,1-2,5H2,3H3;/q-2;. The predicted octanol–water partition coefficient (Wildman–Crippen LogP) is 1.99. The van der Waals surface area contributed by atoms with E-state index in [1.54, 1.807) is 0 Å². The van der Waals surface area contributed by atoms with Gasteiger partial charge < -0.3 is 6.92 Å². The van der Waals surface area contributed by atoms with Gasteiger partial charge in [0.2, 0.25) is 0 Å². The Labute approximate surface area is 71.3 Å². The first-order valence-electron chi connectivity index (χ1n) is 2.05. The summed E-state index contributed by atoms with van der Waals surface area (Å²) in [6.07, 6.45) is 2.70. The van der Waals surface area contributed by atoms with Gasteiger partial charge in [0.05, 0.1) is 0 Å². The minimum absolute atomic E-state index is 0. The molecule has 0 saturated heterocycles. The summed E-state index contributed by atoms with van der Waals surface area (Å²) < 4.78 is 0. The average molecular weight is 171 g/mol. The van der Waals surface area contributed by atoms with E-state index in [1.165, 1.54) is 5.57 Å². The molecule has 0 spiro atoms. The quantitative estimate of drug-likeness (QED) is 0.529. The molecular formula is C6H10Y-2. The van der Waals surface area contributed by atoms with Gasteiger partial charge in [0, 0.05) is 32.7 Å². The van der Waals surface area contributed by atoms with Crippen molar-refractivity contribution in [3.63, 3.8) is 0 Å². The molecule has 0 atom stereocenters. The van der Waals surface area contributed by atoms with Crippen LogP contribution in [-0.2, 0) is 32.7 Å². The molecule has 1 radical (unpaired) electrons. The van der Waals surface area contributed by atoms with Gasteiger partial charge in [-0.1, -0.05) is 0 Å². The molecule has 0 aromatic rings. The molecule has 1 heteroatoms. The first-order valence-corrected chi connectivity index (χ1v) is 2.05. The van der Waals surface area contributed by atoms with Crippen molar-refractivity contribution in [2.75, 3.05) is 0 Å². The summed E-state index contributed by atoms with van der Waals surface area (Å²) in [6, 6.07) is 0. The minimum atomic E-state index is 0. The van der Waals surface area contributed by atoms with Crippen molar-refractivity contribution in [2.24, 2.45) is 0 Å². The van der Waals surface area contributed by atoms with E-state index in [9.17, 15) is 0 Å². The van der Waals surface area contributed by atoms with Crippen LogP contribution in [0, 0.1) is 13.8 Å². The Kier molecular flexibility index (Phi) is 10.2. The Balaban J connectivity index is 0. The first-order chi connectivity index (χ1) is 2.81. The molecule has 0 aromatic carbocycles. The van der Waals surface area contributed by atoms with Crippen LogP contribution in [0.4, 0.5) is 0 Å². The average Bonchev–Trinajstić information content (AvgIpc) is 1.65. The van der Waals surface area contributed by atoms with Crippen molar-refractivity contribution in [2.45, 2.75) is 13.3 Å². The number of hydrogen-bond donors (Lipinski definition) is 0. The summed E-state index contributed by atoms with van der Waals surface area (Å²) in [7, 11) is 0. The van der Waals surface area contributed by atoms with Gasteiger partial charge in [0.15, 0.2) is 0 Å². The molecule has 39 valence electrons. The molecule has 0 nitrogen and oxygen atoms in total. The summed E-state index contributed by atoms with van der Waals surface area (Å²) in [6.45, 7) is 9.22. The molecule has 0 N–H and O–H groups in total. The fourth-order valence-electron chi connectivity index (χ4n) is 0.102. The van der Waals surface area contributed by atoms with Crippen LogP contribution in [0.3, 0.4) is 0 Å². The molecule has 0 rings (SSSR count). The molecule has 0 aromatic heterocycles. The van der Waals surface area contributed by atoms with Gasteiger partial charge in [-0.2, -0.15) is 0 Å². The van der Waals surface area contributed by atoms with Crippen LogP contribution in [0.5, 0.6) is 0 Å². The fourth-order valence-corrected chi connectivity index (χ4v) is 0.102. The molecule has 0 aliphatic heterocycles. The number of hydrogen-bond acceptors (Lipinski definition) is 0. The van der Waals surface area contributed by atoms with Crippen molar-refractivity contribution < 1.29 is 32.7 Å². The predicted molar refractivity (Wildman–Crippen MR) is 29.1 cm³/mol. The van der Waals surface area contributed by atoms with Gasteiger partial charge in [0.1, 0.15) is 0 Å². The van der Waals surface area contributed by atoms with E-state index in [0.717, 1.165) is 6.42 Å². The Morgan fingerprint density at radius 3 is 2.14 bits per heavy atom. The third-order valence-electron chi connectivity index (χ3n) is 0.743. The molecule has 0 saturated carbocycles. The van der Waals surface area contributed by atoms with E-state index in [2.05, 4.69) is 13.8 Å². The fraction of sp³-hybridized carbons (Fsp3) is 0.333. The Morgan fingerprint density at radius 2 is 2.14 bits per heavy atom. The monoisotopic (exact) mass is 171 g/mol. The molecule has 0 amide bonds. The largest absolute Gasteiger partial charge is 0.356 e. The van der Waals surface area contributed by atoms with Gasteiger partial charge >= 0.3 is 0 Å². The zero-order chi connectivity index (χ0) is 4.99. The molecule has 0 heterocycles. The number of rotatable bonds is 1. The number of allylic oxidation sites excluding steroid dienone is 2. The van der Waals surface area contributed by atoms with E-state index < -0.39 is 0 Å². The van der Waals surface area contributed by atoms with Crippen LogP contribution >= 0.6 is 0 Å². The molecule has 7 heavy (non-hydrogen) atoms. The summed E-state index contributed by atoms with van der Waals surface area (Å²) in [5.74, 6) is 0. The van der Waals surface area contributed by atoms with E-state index in [1.807, 2.05) is 13.0 Å². The van der Waals surface area contributed by atoms with Crippen LogP contribution in [0.15, 0.2) is 11.6 Å². The van der Waals surface area contributed by atoms with E-state index in [4.69, 9.17) is 0 Å². The van der Waals surface area contributed by atoms with Crippen LogP contribution < -0.4 is 0 Å². The SMILES string of the molecule is [CH2-]C=C(C)C[CH2-].[Y]. The smallest absolute Gasteiger partial charge is 0 e. The molecule has 0 aliphatic rings. The summed E-state index contributed by atoms with van der Waals surface area (Å²) in [4.78, 5) is 0. The topological polar surface area (TPSA) is 0 Å². The molecule has 0 unspecified atom stereocenters. The van der Waals surface area contributed by atoms with E-state index in [0.29, 0.717) is 0 Å². The molecule has 0 bridgehead atoms. The third-order valence-corrected chi connectivity index (χ3v) is 0.743. The van der Waals surface area contributed by atoms with Crippen LogP contribution in [0.25, 0.3) is 0 Å². The zero-order valence-electron chi connectivity index (χ0n) is 4.78. The van der Waals surface area contributed by atoms with Gasteiger partial charge in [0.25, 0.3) is 0 Å². The normalized spacial score (nSPS) is 10.3. The van der Waals surface area contributed by atoms with Gasteiger partial charge in [-0.05, 0) is 0 Å². The maximum Gasteiger partial charge on any atom is 0 e. The van der Waals surface area contributed by atoms with Gasteiger partial charge in [-0.3, -0.25) is 0 Å². The second-order valence-electron chi connectivity index (χ2n) is 1.30. The Morgan fingerprint density at radius 1 is 1.71 bits per heavy atom. The molecule has 0 fully saturated rings. The maximum absolute atomic E-state index is 3.65. The minimum Gasteiger partial charge on any atom is -0.356 e. The summed E-state index contributed by atoms with van der Waals surface area (Å²) in [5.41, 5.74) is 1.25. The first kappa shape index (κ1) is 10.7. The van der Waals surface area contributed by atoms with Crippen molar-refractivity contribution >= 4 is 0 Å². The van der Waals surface area contributed by atoms with Gasteiger partial charge in [-0.15, -0.1) is 6.92 Å². The summed E-state index contributed by atoms with van der Waals surface area (Å²) in [5, 5.41) is 0. The van der Waals surface area contributed by atoms with E-state index in [-0.39, 0.29) is 32.7 Å². The van der Waals surface area contributed by atoms with E-state index >= 15 is 0 Å². The van der Waals surface area contributed by atoms with Crippen LogP contribution in [0.1, 0.15) is 13.3 Å². The van der Waals surface area contributed by atoms with Crippen LogP contribution in [-0.4, -0.2) is 0 Å². The molecular weight excluding hydrogens is 161 g/mol. The Bertz CT molecular complexity index is 55.2. The van der Waals surface area contributed by atoms with Crippen molar-refractivity contribution in [1.29, 1.82) is 0 Å². The van der Waals surface area contributed by atoms with Gasteiger partial charge in [-0.25, -0.2) is 25.0 Å². The van der Waals surface area contributed by atoms with Crippen molar-refractivity contribution in [3.05, 3.63) is 25.5 Å². The zero-order valence-corrected chi connectivity index (χ0v) is 7.61. The van der Waals surface area contributed by atoms with Crippen molar-refractivity contribution in [1.82, 2.24) is 0 Å². The summed E-state index contributed by atoms with van der Waals surface area (Å²) >= 11 is 0.